The van der Waals surface area contributed by atoms with E-state index in [0.717, 1.165) is 61.6 Å². The molecular formula is C18H24F2N6S. The molecule has 0 aliphatic carbocycles. The van der Waals surface area contributed by atoms with E-state index in [9.17, 15) is 8.78 Å². The summed E-state index contributed by atoms with van der Waals surface area (Å²) in [7, 11) is 1.73. The molecule has 0 saturated carbocycles. The number of nitrogens with zero attached hydrogens (tertiary/aromatic N) is 5. The Morgan fingerprint density at radius 1 is 1.26 bits per heavy atom. The van der Waals surface area contributed by atoms with Gasteiger partial charge in [-0.25, -0.2) is 13.8 Å². The highest BCUT2D eigenvalue weighted by Gasteiger charge is 2.22. The van der Waals surface area contributed by atoms with Gasteiger partial charge in [0.25, 0.3) is 0 Å². The molecule has 2 aromatic rings. The van der Waals surface area contributed by atoms with Crippen LogP contribution in [0.5, 0.6) is 0 Å². The smallest absolute Gasteiger partial charge is 0.205 e. The maximum Gasteiger partial charge on any atom is 0.205 e. The van der Waals surface area contributed by atoms with E-state index in [1.165, 1.54) is 17.6 Å². The summed E-state index contributed by atoms with van der Waals surface area (Å²) >= 11 is 1.44. The molecule has 1 saturated heterocycles. The van der Waals surface area contributed by atoms with Crippen LogP contribution in [-0.2, 0) is 12.8 Å². The molecule has 1 fully saturated rings. The van der Waals surface area contributed by atoms with Gasteiger partial charge in [-0.05, 0) is 30.2 Å². The molecule has 6 nitrogen and oxygen atoms in total. The predicted octanol–water partition coefficient (Wildman–Crippen LogP) is 2.32. The van der Waals surface area contributed by atoms with Gasteiger partial charge in [0.05, 0.1) is 0 Å². The minimum Gasteiger partial charge on any atom is -0.356 e. The van der Waals surface area contributed by atoms with E-state index < -0.39 is 5.82 Å². The zero-order valence-electron chi connectivity index (χ0n) is 15.6. The maximum absolute atomic E-state index is 13.7. The van der Waals surface area contributed by atoms with E-state index in [4.69, 9.17) is 0 Å². The number of aliphatic imine (C=N–C) groups is 1. The molecule has 2 heterocycles. The van der Waals surface area contributed by atoms with E-state index >= 15 is 0 Å². The molecule has 3 rings (SSSR count). The first-order valence-corrected chi connectivity index (χ1v) is 9.85. The zero-order valence-corrected chi connectivity index (χ0v) is 16.4. The summed E-state index contributed by atoms with van der Waals surface area (Å²) in [5, 5.41) is 4.21. The molecule has 146 valence electrons. The number of nitrogens with one attached hydrogen (secondary N) is 1. The number of hydrogen-bond acceptors (Lipinski definition) is 5. The topological polar surface area (TPSA) is 56.7 Å². The number of aromatic nitrogens is 2. The van der Waals surface area contributed by atoms with Gasteiger partial charge in [0.1, 0.15) is 17.5 Å². The second kappa shape index (κ2) is 9.07. The van der Waals surface area contributed by atoms with Gasteiger partial charge >= 0.3 is 0 Å². The quantitative estimate of drug-likeness (QED) is 0.623. The van der Waals surface area contributed by atoms with Crippen molar-refractivity contribution in [1.29, 1.82) is 0 Å². The van der Waals surface area contributed by atoms with Crippen LogP contribution in [0, 0.1) is 11.6 Å². The Hall–Kier alpha value is -2.29. The Morgan fingerprint density at radius 2 is 2.04 bits per heavy atom. The van der Waals surface area contributed by atoms with Crippen LogP contribution in [0.3, 0.4) is 0 Å². The van der Waals surface area contributed by atoms with Crippen LogP contribution in [-0.4, -0.2) is 60.0 Å². The lowest BCUT2D eigenvalue weighted by molar-refractivity contribution is 0.372. The highest BCUT2D eigenvalue weighted by atomic mass is 32.1. The molecule has 1 aliphatic heterocycles. The summed E-state index contributed by atoms with van der Waals surface area (Å²) in [6, 6.07) is 3.54. The van der Waals surface area contributed by atoms with Gasteiger partial charge in [-0.1, -0.05) is 6.92 Å². The van der Waals surface area contributed by atoms with Gasteiger partial charge in [-0.2, -0.15) is 4.37 Å². The van der Waals surface area contributed by atoms with Crippen LogP contribution in [0.2, 0.25) is 0 Å². The highest BCUT2D eigenvalue weighted by molar-refractivity contribution is 7.09. The van der Waals surface area contributed by atoms with E-state index in [-0.39, 0.29) is 5.82 Å². The lowest BCUT2D eigenvalue weighted by Gasteiger charge is -2.36. The summed E-state index contributed by atoms with van der Waals surface area (Å²) in [5.41, 5.74) is 0.366. The second-order valence-corrected chi connectivity index (χ2v) is 7.01. The molecule has 9 heteroatoms. The largest absolute Gasteiger partial charge is 0.356 e. The third-order valence-corrected chi connectivity index (χ3v) is 5.34. The van der Waals surface area contributed by atoms with E-state index in [2.05, 4.69) is 36.4 Å². The summed E-state index contributed by atoms with van der Waals surface area (Å²) < 4.78 is 31.3. The number of aryl methyl sites for hydroxylation is 1. The van der Waals surface area contributed by atoms with E-state index in [1.807, 2.05) is 0 Å². The van der Waals surface area contributed by atoms with Crippen molar-refractivity contribution in [3.8, 4) is 0 Å². The van der Waals surface area contributed by atoms with Crippen molar-refractivity contribution in [2.45, 2.75) is 19.8 Å². The van der Waals surface area contributed by atoms with Crippen LogP contribution in [0.25, 0.3) is 0 Å². The molecule has 0 bridgehead atoms. The molecule has 0 radical (unpaired) electrons. The molecule has 0 spiro atoms. The van der Waals surface area contributed by atoms with Gasteiger partial charge in [-0.15, -0.1) is 0 Å². The number of hydrogen-bond donors (Lipinski definition) is 1. The SMILES string of the molecule is CCc1nsc(N2CCN(C(=NC)NCCc3cc(F)ccc3F)CC2)n1. The summed E-state index contributed by atoms with van der Waals surface area (Å²) in [4.78, 5) is 13.3. The number of piperazine rings is 1. The Balaban J connectivity index is 1.49. The lowest BCUT2D eigenvalue weighted by Crippen LogP contribution is -2.52. The highest BCUT2D eigenvalue weighted by Crippen LogP contribution is 2.19. The van der Waals surface area contributed by atoms with Crippen LogP contribution in [0.4, 0.5) is 13.9 Å². The molecule has 0 amide bonds. The standard InChI is InChI=1S/C18H24F2N6S/c1-3-16-23-18(27-24-16)26-10-8-25(9-11-26)17(21-2)22-7-6-13-12-14(19)4-5-15(13)20/h4-5,12H,3,6-11H2,1-2H3,(H,21,22). The third kappa shape index (κ3) is 4.91. The fourth-order valence-corrected chi connectivity index (χ4v) is 3.80. The molecule has 0 unspecified atom stereocenters. The minimum absolute atomic E-state index is 0.366. The fourth-order valence-electron chi connectivity index (χ4n) is 3.00. The monoisotopic (exact) mass is 394 g/mol. The molecule has 1 aromatic heterocycles. The van der Waals surface area contributed by atoms with Crippen molar-refractivity contribution in [3.05, 3.63) is 41.2 Å². The van der Waals surface area contributed by atoms with Crippen LogP contribution in [0.1, 0.15) is 18.3 Å². The van der Waals surface area contributed by atoms with Gasteiger partial charge in [0, 0.05) is 57.7 Å². The van der Waals surface area contributed by atoms with Crippen LogP contribution >= 0.6 is 11.5 Å². The normalized spacial score (nSPS) is 15.3. The molecule has 0 atom stereocenters. The molecule has 27 heavy (non-hydrogen) atoms. The Morgan fingerprint density at radius 3 is 2.70 bits per heavy atom. The molecule has 1 aromatic carbocycles. The zero-order chi connectivity index (χ0) is 19.2. The maximum atomic E-state index is 13.7. The number of guanidine groups is 1. The first-order valence-electron chi connectivity index (χ1n) is 9.07. The van der Waals surface area contributed by atoms with Crippen LogP contribution < -0.4 is 10.2 Å². The van der Waals surface area contributed by atoms with Gasteiger partial charge in [0.15, 0.2) is 5.96 Å². The van der Waals surface area contributed by atoms with Gasteiger partial charge < -0.3 is 15.1 Å². The number of rotatable bonds is 5. The summed E-state index contributed by atoms with van der Waals surface area (Å²) in [5.74, 6) is 0.859. The fraction of sp³-hybridized carbons (Fsp3) is 0.500. The first kappa shape index (κ1) is 19.5. The average Bonchev–Trinajstić information content (AvgIpc) is 3.17. The lowest BCUT2D eigenvalue weighted by atomic mass is 10.1. The van der Waals surface area contributed by atoms with Crippen molar-refractivity contribution in [3.63, 3.8) is 0 Å². The van der Waals surface area contributed by atoms with Crippen LogP contribution in [0.15, 0.2) is 23.2 Å². The first-order chi connectivity index (χ1) is 13.1. The van der Waals surface area contributed by atoms with Crippen molar-refractivity contribution in [1.82, 2.24) is 19.6 Å². The molecule has 1 N–H and O–H groups in total. The Labute approximate surface area is 162 Å². The van der Waals surface area contributed by atoms with E-state index in [1.54, 1.807) is 7.05 Å². The van der Waals surface area contributed by atoms with Gasteiger partial charge in [-0.3, -0.25) is 4.99 Å². The van der Waals surface area contributed by atoms with Gasteiger partial charge in [0.2, 0.25) is 5.13 Å². The third-order valence-electron chi connectivity index (χ3n) is 4.52. The molecule has 1 aliphatic rings. The second-order valence-electron chi connectivity index (χ2n) is 6.28. The number of benzene rings is 1. The van der Waals surface area contributed by atoms with Crippen molar-refractivity contribution in [2.24, 2.45) is 4.99 Å². The number of halogens is 2. The minimum atomic E-state index is -0.421. The van der Waals surface area contributed by atoms with Crippen molar-refractivity contribution >= 4 is 22.6 Å². The summed E-state index contributed by atoms with van der Waals surface area (Å²) in [6.45, 7) is 5.86. The number of anilines is 1. The average molecular weight is 394 g/mol. The Bertz CT molecular complexity index is 786. The predicted molar refractivity (Wildman–Crippen MR) is 104 cm³/mol. The Kier molecular flexibility index (Phi) is 6.54. The van der Waals surface area contributed by atoms with Crippen molar-refractivity contribution in [2.75, 3.05) is 44.7 Å². The molecular weight excluding hydrogens is 370 g/mol. The van der Waals surface area contributed by atoms with Crippen molar-refractivity contribution < 1.29 is 8.78 Å². The van der Waals surface area contributed by atoms with E-state index in [0.29, 0.717) is 18.5 Å². The summed E-state index contributed by atoms with van der Waals surface area (Å²) in [6.07, 6.45) is 1.24.